The van der Waals surface area contributed by atoms with Gasteiger partial charge in [0.1, 0.15) is 0 Å². The van der Waals surface area contributed by atoms with Gasteiger partial charge >= 0.3 is 0 Å². The second kappa shape index (κ2) is 9.74. The third kappa shape index (κ3) is 20.9. The van der Waals surface area contributed by atoms with Gasteiger partial charge in [-0.1, -0.05) is 0 Å². The number of nitrogens with two attached hydrogens (primary N) is 1. The van der Waals surface area contributed by atoms with Crippen LogP contribution in [0, 0.1) is 0 Å². The molecule has 0 spiro atoms. The molecule has 0 aromatic heterocycles. The molecule has 2 N–H and O–H groups in total. The van der Waals surface area contributed by atoms with Crippen LogP contribution in [0.1, 0.15) is 6.92 Å². The van der Waals surface area contributed by atoms with Crippen molar-refractivity contribution in [2.45, 2.75) is 12.3 Å². The van der Waals surface area contributed by atoms with Crippen molar-refractivity contribution in [2.24, 2.45) is 5.73 Å². The monoisotopic (exact) mass is 143 g/mol. The van der Waals surface area contributed by atoms with Crippen LogP contribution in [0.3, 0.4) is 0 Å². The first-order chi connectivity index (χ1) is 3.27. The molecular formula is C4H11Cl2N. The Bertz CT molecular complexity index is 23.7. The van der Waals surface area contributed by atoms with Gasteiger partial charge in [0.25, 0.3) is 0 Å². The van der Waals surface area contributed by atoms with Crippen molar-refractivity contribution in [3.63, 3.8) is 0 Å². The van der Waals surface area contributed by atoms with Crippen LogP contribution in [0.25, 0.3) is 0 Å². The number of hydrogen-bond donors (Lipinski definition) is 1. The molecule has 0 heterocycles. The first-order valence-corrected chi connectivity index (χ1v) is 3.02. The molecule has 0 aromatic carbocycles. The molecule has 0 bridgehead atoms. The van der Waals surface area contributed by atoms with Crippen molar-refractivity contribution in [3.8, 4) is 0 Å². The lowest BCUT2D eigenvalue weighted by Crippen LogP contribution is -1.87. The summed E-state index contributed by atoms with van der Waals surface area (Å²) in [4.78, 5) is 0. The Morgan fingerprint density at radius 3 is 1.71 bits per heavy atom. The topological polar surface area (TPSA) is 26.0 Å². The zero-order valence-electron chi connectivity index (χ0n) is 4.62. The van der Waals surface area contributed by atoms with Gasteiger partial charge in [-0.05, 0) is 14.0 Å². The lowest BCUT2D eigenvalue weighted by atomic mass is 10.6. The number of halogens is 2. The summed E-state index contributed by atoms with van der Waals surface area (Å²) in [6, 6.07) is 0. The minimum absolute atomic E-state index is 0.122. The molecule has 1 atom stereocenters. The fraction of sp³-hybridized carbons (Fsp3) is 1.00. The highest BCUT2D eigenvalue weighted by Crippen LogP contribution is 1.93. The molecule has 1 nitrogen and oxygen atoms in total. The highest BCUT2D eigenvalue weighted by atomic mass is 35.5. The van der Waals surface area contributed by atoms with Gasteiger partial charge in [-0.15, -0.1) is 23.2 Å². The molecule has 1 unspecified atom stereocenters. The molecule has 0 aliphatic heterocycles. The second-order valence-electron chi connectivity index (χ2n) is 0.935. The molecule has 0 aliphatic rings. The zero-order chi connectivity index (χ0) is 6.28. The summed E-state index contributed by atoms with van der Waals surface area (Å²) in [7, 11) is 1.50. The van der Waals surface area contributed by atoms with Gasteiger partial charge in [0.2, 0.25) is 0 Å². The van der Waals surface area contributed by atoms with Crippen molar-refractivity contribution in [2.75, 3.05) is 12.9 Å². The van der Waals surface area contributed by atoms with Gasteiger partial charge in [0.15, 0.2) is 0 Å². The van der Waals surface area contributed by atoms with Crippen molar-refractivity contribution < 1.29 is 0 Å². The Hall–Kier alpha value is 0.540. The SMILES string of the molecule is CC(Cl)CCl.CN. The lowest BCUT2D eigenvalue weighted by molar-refractivity contribution is 1.11. The molecule has 0 amide bonds. The summed E-state index contributed by atoms with van der Waals surface area (Å²) in [6.45, 7) is 1.86. The third-order valence-electron chi connectivity index (χ3n) is 0.213. The predicted molar refractivity (Wildman–Crippen MR) is 36.1 cm³/mol. The molecule has 0 rings (SSSR count). The van der Waals surface area contributed by atoms with E-state index >= 15 is 0 Å². The van der Waals surface area contributed by atoms with Gasteiger partial charge in [0.05, 0.1) is 0 Å². The molecule has 0 aromatic rings. The van der Waals surface area contributed by atoms with E-state index < -0.39 is 0 Å². The molecule has 0 saturated carbocycles. The Labute approximate surface area is 54.8 Å². The lowest BCUT2D eigenvalue weighted by Gasteiger charge is -1.85. The van der Waals surface area contributed by atoms with Crippen molar-refractivity contribution in [1.29, 1.82) is 0 Å². The van der Waals surface area contributed by atoms with E-state index in [1.54, 1.807) is 0 Å². The average molecular weight is 144 g/mol. The van der Waals surface area contributed by atoms with E-state index in [2.05, 4.69) is 5.73 Å². The smallest absolute Gasteiger partial charge is 0.0443 e. The van der Waals surface area contributed by atoms with Crippen LogP contribution in [0.2, 0.25) is 0 Å². The highest BCUT2D eigenvalue weighted by Gasteiger charge is 1.85. The van der Waals surface area contributed by atoms with Crippen LogP contribution in [-0.4, -0.2) is 18.3 Å². The van der Waals surface area contributed by atoms with Crippen LogP contribution in [-0.2, 0) is 0 Å². The minimum atomic E-state index is 0.122. The van der Waals surface area contributed by atoms with E-state index in [-0.39, 0.29) is 5.38 Å². The first kappa shape index (κ1) is 10.5. The maximum atomic E-state index is 5.33. The molecule has 7 heavy (non-hydrogen) atoms. The Morgan fingerprint density at radius 2 is 1.71 bits per heavy atom. The molecule has 0 radical (unpaired) electrons. The minimum Gasteiger partial charge on any atom is -0.333 e. The summed E-state index contributed by atoms with van der Waals surface area (Å²) in [5, 5.41) is 0.122. The van der Waals surface area contributed by atoms with Gasteiger partial charge in [0, 0.05) is 11.3 Å². The fourth-order valence-corrected chi connectivity index (χ4v) is 0. The van der Waals surface area contributed by atoms with E-state index in [0.29, 0.717) is 5.88 Å². The number of alkyl halides is 2. The maximum Gasteiger partial charge on any atom is 0.0443 e. The molecule has 3 heteroatoms. The fourth-order valence-electron chi connectivity index (χ4n) is 0. The largest absolute Gasteiger partial charge is 0.333 e. The van der Waals surface area contributed by atoms with E-state index in [4.69, 9.17) is 23.2 Å². The summed E-state index contributed by atoms with van der Waals surface area (Å²) in [6.07, 6.45) is 0. The standard InChI is InChI=1S/C3H6Cl2.CH5N/c1-3(5)2-4;1-2/h3H,2H2,1H3;2H2,1H3. The second-order valence-corrected chi connectivity index (χ2v) is 1.99. The summed E-state index contributed by atoms with van der Waals surface area (Å²) >= 11 is 10.5. The van der Waals surface area contributed by atoms with Crippen LogP contribution < -0.4 is 5.73 Å². The van der Waals surface area contributed by atoms with Crippen molar-refractivity contribution in [1.82, 2.24) is 0 Å². The zero-order valence-corrected chi connectivity index (χ0v) is 6.13. The molecule has 0 aliphatic carbocycles. The summed E-state index contributed by atoms with van der Waals surface area (Å²) in [5.41, 5.74) is 4.50. The van der Waals surface area contributed by atoms with E-state index in [0.717, 1.165) is 0 Å². The molecule has 0 saturated heterocycles. The van der Waals surface area contributed by atoms with E-state index in [1.165, 1.54) is 7.05 Å². The van der Waals surface area contributed by atoms with Crippen molar-refractivity contribution >= 4 is 23.2 Å². The predicted octanol–water partition coefficient (Wildman–Crippen LogP) is 1.43. The number of hydrogen-bond acceptors (Lipinski definition) is 1. The Balaban J connectivity index is 0. The molecule has 0 fully saturated rings. The summed E-state index contributed by atoms with van der Waals surface area (Å²) < 4.78 is 0. The average Bonchev–Trinajstić information content (AvgIpc) is 1.73. The van der Waals surface area contributed by atoms with Crippen molar-refractivity contribution in [3.05, 3.63) is 0 Å². The maximum absolute atomic E-state index is 5.33. The Kier molecular flexibility index (Phi) is 14.6. The van der Waals surface area contributed by atoms with Gasteiger partial charge < -0.3 is 5.73 Å². The van der Waals surface area contributed by atoms with Crippen LogP contribution >= 0.6 is 23.2 Å². The molecular weight excluding hydrogens is 133 g/mol. The quantitative estimate of drug-likeness (QED) is 0.553. The number of rotatable bonds is 1. The van der Waals surface area contributed by atoms with Gasteiger partial charge in [-0.25, -0.2) is 0 Å². The normalized spacial score (nSPS) is 11.6. The van der Waals surface area contributed by atoms with Gasteiger partial charge in [-0.3, -0.25) is 0 Å². The van der Waals surface area contributed by atoms with Crippen LogP contribution in [0.4, 0.5) is 0 Å². The first-order valence-electron chi connectivity index (χ1n) is 2.05. The van der Waals surface area contributed by atoms with Crippen LogP contribution in [0.5, 0.6) is 0 Å². The summed E-state index contributed by atoms with van der Waals surface area (Å²) in [5.74, 6) is 0.543. The van der Waals surface area contributed by atoms with E-state index in [9.17, 15) is 0 Å². The van der Waals surface area contributed by atoms with E-state index in [1.807, 2.05) is 6.92 Å². The van der Waals surface area contributed by atoms with Crippen LogP contribution in [0.15, 0.2) is 0 Å². The van der Waals surface area contributed by atoms with Gasteiger partial charge in [-0.2, -0.15) is 0 Å². The Morgan fingerprint density at radius 1 is 1.57 bits per heavy atom. The highest BCUT2D eigenvalue weighted by molar-refractivity contribution is 6.27. The molecule has 46 valence electrons. The third-order valence-corrected chi connectivity index (χ3v) is 0.988.